The first kappa shape index (κ1) is 7.86. The van der Waals surface area contributed by atoms with Crippen molar-refractivity contribution in [2.24, 2.45) is 0 Å². The van der Waals surface area contributed by atoms with E-state index in [0.717, 1.165) is 11.1 Å². The summed E-state index contributed by atoms with van der Waals surface area (Å²) in [5.74, 6) is 0.717. The van der Waals surface area contributed by atoms with E-state index in [1.54, 1.807) is 13.2 Å². The van der Waals surface area contributed by atoms with Crippen molar-refractivity contribution >= 4 is 17.2 Å². The van der Waals surface area contributed by atoms with Crippen molar-refractivity contribution in [1.82, 2.24) is 4.98 Å². The molecule has 2 aromatic rings. The Hall–Kier alpha value is -1.77. The molecule has 0 fully saturated rings. The van der Waals surface area contributed by atoms with Crippen LogP contribution in [0.15, 0.2) is 29.5 Å². The standard InChI is InChI=1S/C10H9NO2/c1-3-7-4-5-8(12-2)9-10(7)13-6-11-9/h3-6H,1H2,2H3. The summed E-state index contributed by atoms with van der Waals surface area (Å²) in [6, 6.07) is 3.74. The third kappa shape index (κ3) is 1.09. The van der Waals surface area contributed by atoms with Gasteiger partial charge in [-0.25, -0.2) is 4.98 Å². The second-order valence-corrected chi connectivity index (χ2v) is 2.59. The average molecular weight is 175 g/mol. The second-order valence-electron chi connectivity index (χ2n) is 2.59. The normalized spacial score (nSPS) is 10.2. The van der Waals surface area contributed by atoms with Crippen molar-refractivity contribution in [3.8, 4) is 5.75 Å². The van der Waals surface area contributed by atoms with E-state index in [1.807, 2.05) is 12.1 Å². The SMILES string of the molecule is C=Cc1ccc(OC)c2ncoc12. The minimum atomic E-state index is 0.717. The number of hydrogen-bond acceptors (Lipinski definition) is 3. The molecule has 66 valence electrons. The van der Waals surface area contributed by atoms with E-state index in [9.17, 15) is 0 Å². The monoisotopic (exact) mass is 175 g/mol. The molecule has 0 radical (unpaired) electrons. The number of fused-ring (bicyclic) bond motifs is 1. The lowest BCUT2D eigenvalue weighted by atomic mass is 10.2. The van der Waals surface area contributed by atoms with Gasteiger partial charge in [0.1, 0.15) is 5.75 Å². The number of rotatable bonds is 2. The molecule has 0 saturated heterocycles. The summed E-state index contributed by atoms with van der Waals surface area (Å²) in [6.45, 7) is 3.69. The van der Waals surface area contributed by atoms with Crippen LogP contribution in [0.4, 0.5) is 0 Å². The molecule has 3 nitrogen and oxygen atoms in total. The summed E-state index contributed by atoms with van der Waals surface area (Å²) in [5, 5.41) is 0. The molecule has 0 spiro atoms. The molecule has 0 bridgehead atoms. The molecule has 2 rings (SSSR count). The summed E-state index contributed by atoms with van der Waals surface area (Å²) in [4.78, 5) is 4.06. The van der Waals surface area contributed by atoms with Gasteiger partial charge in [0.05, 0.1) is 7.11 Å². The maximum Gasteiger partial charge on any atom is 0.182 e. The van der Waals surface area contributed by atoms with Gasteiger partial charge in [0, 0.05) is 5.56 Å². The van der Waals surface area contributed by atoms with E-state index >= 15 is 0 Å². The summed E-state index contributed by atoms with van der Waals surface area (Å²) in [6.07, 6.45) is 3.13. The van der Waals surface area contributed by atoms with Crippen LogP contribution >= 0.6 is 0 Å². The molecular formula is C10H9NO2. The van der Waals surface area contributed by atoms with Gasteiger partial charge in [-0.05, 0) is 12.1 Å². The molecule has 1 aromatic carbocycles. The lowest BCUT2D eigenvalue weighted by Crippen LogP contribution is -1.85. The number of benzene rings is 1. The van der Waals surface area contributed by atoms with Gasteiger partial charge in [0.15, 0.2) is 17.5 Å². The zero-order valence-electron chi connectivity index (χ0n) is 7.28. The third-order valence-electron chi connectivity index (χ3n) is 1.92. The molecule has 0 aliphatic heterocycles. The van der Waals surface area contributed by atoms with E-state index < -0.39 is 0 Å². The largest absolute Gasteiger partial charge is 0.494 e. The van der Waals surface area contributed by atoms with Crippen LogP contribution in [-0.4, -0.2) is 12.1 Å². The molecule has 13 heavy (non-hydrogen) atoms. The maximum atomic E-state index is 5.22. The highest BCUT2D eigenvalue weighted by Gasteiger charge is 2.08. The van der Waals surface area contributed by atoms with Crippen LogP contribution in [0.2, 0.25) is 0 Å². The molecule has 0 amide bonds. The Morgan fingerprint density at radius 2 is 2.38 bits per heavy atom. The number of ether oxygens (including phenoxy) is 1. The zero-order valence-corrected chi connectivity index (χ0v) is 7.28. The Labute approximate surface area is 75.6 Å². The van der Waals surface area contributed by atoms with Gasteiger partial charge in [0.25, 0.3) is 0 Å². The number of hydrogen-bond donors (Lipinski definition) is 0. The van der Waals surface area contributed by atoms with Crippen LogP contribution in [0, 0.1) is 0 Å². The fourth-order valence-corrected chi connectivity index (χ4v) is 1.27. The van der Waals surface area contributed by atoms with E-state index in [2.05, 4.69) is 11.6 Å². The molecule has 0 saturated carbocycles. The van der Waals surface area contributed by atoms with E-state index in [1.165, 1.54) is 6.39 Å². The smallest absolute Gasteiger partial charge is 0.182 e. The summed E-state index contributed by atoms with van der Waals surface area (Å²) in [5.41, 5.74) is 2.38. The van der Waals surface area contributed by atoms with Gasteiger partial charge >= 0.3 is 0 Å². The van der Waals surface area contributed by atoms with Crippen molar-refractivity contribution in [1.29, 1.82) is 0 Å². The Kier molecular flexibility index (Phi) is 1.77. The molecular weight excluding hydrogens is 166 g/mol. The Balaban J connectivity index is 2.81. The van der Waals surface area contributed by atoms with Crippen LogP contribution in [0.1, 0.15) is 5.56 Å². The molecule has 1 heterocycles. The fraction of sp³-hybridized carbons (Fsp3) is 0.100. The Morgan fingerprint density at radius 3 is 3.08 bits per heavy atom. The van der Waals surface area contributed by atoms with E-state index in [0.29, 0.717) is 11.3 Å². The van der Waals surface area contributed by atoms with Gasteiger partial charge in [-0.1, -0.05) is 12.7 Å². The van der Waals surface area contributed by atoms with Gasteiger partial charge in [0.2, 0.25) is 0 Å². The Bertz CT molecular complexity index is 445. The summed E-state index contributed by atoms with van der Waals surface area (Å²) >= 11 is 0. The minimum absolute atomic E-state index is 0.717. The highest BCUT2D eigenvalue weighted by atomic mass is 16.5. The second kappa shape index (κ2) is 2.94. The van der Waals surface area contributed by atoms with Crippen LogP contribution in [0.3, 0.4) is 0 Å². The lowest BCUT2D eigenvalue weighted by Gasteiger charge is -2.00. The highest BCUT2D eigenvalue weighted by molar-refractivity contribution is 5.87. The summed E-state index contributed by atoms with van der Waals surface area (Å²) in [7, 11) is 1.61. The van der Waals surface area contributed by atoms with Crippen LogP contribution in [0.25, 0.3) is 17.2 Å². The van der Waals surface area contributed by atoms with Crippen LogP contribution < -0.4 is 4.74 Å². The van der Waals surface area contributed by atoms with Gasteiger partial charge in [-0.2, -0.15) is 0 Å². The van der Waals surface area contributed by atoms with Crippen molar-refractivity contribution in [3.05, 3.63) is 30.7 Å². The molecule has 0 N–H and O–H groups in total. The van der Waals surface area contributed by atoms with Crippen LogP contribution in [-0.2, 0) is 0 Å². The molecule has 0 aliphatic rings. The predicted octanol–water partition coefficient (Wildman–Crippen LogP) is 2.48. The highest BCUT2D eigenvalue weighted by Crippen LogP contribution is 2.27. The van der Waals surface area contributed by atoms with E-state index in [-0.39, 0.29) is 0 Å². The topological polar surface area (TPSA) is 35.3 Å². The lowest BCUT2D eigenvalue weighted by molar-refractivity contribution is 0.419. The van der Waals surface area contributed by atoms with Gasteiger partial charge < -0.3 is 9.15 Å². The van der Waals surface area contributed by atoms with Crippen molar-refractivity contribution in [2.45, 2.75) is 0 Å². The van der Waals surface area contributed by atoms with Crippen molar-refractivity contribution < 1.29 is 9.15 Å². The van der Waals surface area contributed by atoms with Crippen molar-refractivity contribution in [3.63, 3.8) is 0 Å². The number of oxazole rings is 1. The Morgan fingerprint density at radius 1 is 1.54 bits per heavy atom. The van der Waals surface area contributed by atoms with E-state index in [4.69, 9.17) is 9.15 Å². The first-order valence-electron chi connectivity index (χ1n) is 3.89. The molecule has 3 heteroatoms. The van der Waals surface area contributed by atoms with Gasteiger partial charge in [-0.3, -0.25) is 0 Å². The zero-order chi connectivity index (χ0) is 9.26. The quantitative estimate of drug-likeness (QED) is 0.703. The van der Waals surface area contributed by atoms with Crippen molar-refractivity contribution in [2.75, 3.05) is 7.11 Å². The third-order valence-corrected chi connectivity index (χ3v) is 1.92. The number of nitrogens with zero attached hydrogens (tertiary/aromatic N) is 1. The first-order valence-corrected chi connectivity index (χ1v) is 3.89. The number of methoxy groups -OCH3 is 1. The molecule has 0 aliphatic carbocycles. The van der Waals surface area contributed by atoms with Crippen LogP contribution in [0.5, 0.6) is 5.75 Å². The number of aromatic nitrogens is 1. The molecule has 0 atom stereocenters. The fourth-order valence-electron chi connectivity index (χ4n) is 1.27. The van der Waals surface area contributed by atoms with Gasteiger partial charge in [-0.15, -0.1) is 0 Å². The predicted molar refractivity (Wildman–Crippen MR) is 50.7 cm³/mol. The minimum Gasteiger partial charge on any atom is -0.494 e. The molecule has 0 unspecified atom stereocenters. The average Bonchev–Trinajstić information content (AvgIpc) is 2.64. The summed E-state index contributed by atoms with van der Waals surface area (Å²) < 4.78 is 10.3. The first-order chi connectivity index (χ1) is 6.36. The molecule has 1 aromatic heterocycles. The maximum absolute atomic E-state index is 5.22.